The van der Waals surface area contributed by atoms with Crippen LogP contribution in [0.15, 0.2) is 48.8 Å². The van der Waals surface area contributed by atoms with E-state index in [0.717, 1.165) is 22.8 Å². The maximum Gasteiger partial charge on any atom is 0.238 e. The largest absolute Gasteiger partial charge is 0.345 e. The number of hydrogen-bond acceptors (Lipinski definition) is 5. The molecule has 0 aliphatic heterocycles. The Morgan fingerprint density at radius 3 is 2.53 bits per heavy atom. The second kappa shape index (κ2) is 12.1. The van der Waals surface area contributed by atoms with E-state index in [2.05, 4.69) is 20.0 Å². The average molecular weight is 507 g/mol. The Balaban J connectivity index is 0.00000408. The SMILES string of the molecule is C.C[C@H](NC(=O)[C@@H](CCc1ccccc1)NS(C)(=O)=O)C(=O)CCc1cnc2[nH]cc(Cl)c2c1. The maximum atomic E-state index is 12.8. The lowest BCUT2D eigenvalue weighted by Crippen LogP contribution is -2.50. The van der Waals surface area contributed by atoms with Gasteiger partial charge in [0.05, 0.1) is 17.3 Å². The minimum Gasteiger partial charge on any atom is -0.345 e. The van der Waals surface area contributed by atoms with Crippen LogP contribution in [0.1, 0.15) is 38.3 Å². The maximum absolute atomic E-state index is 12.8. The molecule has 184 valence electrons. The van der Waals surface area contributed by atoms with Crippen LogP contribution < -0.4 is 10.0 Å². The number of fused-ring (bicyclic) bond motifs is 1. The summed E-state index contributed by atoms with van der Waals surface area (Å²) in [6.45, 7) is 1.60. The molecule has 0 aliphatic carbocycles. The number of rotatable bonds is 11. The number of carbonyl (C=O) groups is 2. The van der Waals surface area contributed by atoms with E-state index < -0.39 is 28.0 Å². The number of amides is 1. The van der Waals surface area contributed by atoms with Gasteiger partial charge in [0.15, 0.2) is 5.78 Å². The Labute approximate surface area is 205 Å². The number of halogens is 1. The van der Waals surface area contributed by atoms with Gasteiger partial charge >= 0.3 is 0 Å². The molecule has 3 aromatic rings. The van der Waals surface area contributed by atoms with Gasteiger partial charge in [-0.1, -0.05) is 49.4 Å². The van der Waals surface area contributed by atoms with Crippen LogP contribution in [0.2, 0.25) is 5.02 Å². The first kappa shape index (κ1) is 27.5. The van der Waals surface area contributed by atoms with Crippen molar-refractivity contribution in [2.45, 2.75) is 52.1 Å². The van der Waals surface area contributed by atoms with Gasteiger partial charge in [0, 0.05) is 24.2 Å². The molecule has 34 heavy (non-hydrogen) atoms. The van der Waals surface area contributed by atoms with E-state index in [0.29, 0.717) is 23.5 Å². The molecule has 3 N–H and O–H groups in total. The number of aromatic amines is 1. The minimum atomic E-state index is -3.61. The number of aryl methyl sites for hydroxylation is 2. The first-order valence-corrected chi connectivity index (χ1v) is 12.8. The third kappa shape index (κ3) is 7.93. The van der Waals surface area contributed by atoms with Gasteiger partial charge in [-0.15, -0.1) is 0 Å². The van der Waals surface area contributed by atoms with Crippen molar-refractivity contribution in [3.8, 4) is 0 Å². The van der Waals surface area contributed by atoms with Gasteiger partial charge in [-0.2, -0.15) is 0 Å². The first-order valence-electron chi connectivity index (χ1n) is 10.6. The molecular weight excluding hydrogens is 476 g/mol. The molecule has 0 fully saturated rings. The molecule has 1 amide bonds. The van der Waals surface area contributed by atoms with E-state index in [4.69, 9.17) is 11.6 Å². The highest BCUT2D eigenvalue weighted by Gasteiger charge is 2.25. The predicted molar refractivity (Wildman–Crippen MR) is 135 cm³/mol. The molecular formula is C24H31ClN4O4S. The van der Waals surface area contributed by atoms with Crippen molar-refractivity contribution in [2.75, 3.05) is 6.26 Å². The number of benzene rings is 1. The van der Waals surface area contributed by atoms with E-state index in [9.17, 15) is 18.0 Å². The molecule has 8 nitrogen and oxygen atoms in total. The Kier molecular flexibility index (Phi) is 9.78. The van der Waals surface area contributed by atoms with Gasteiger partial charge in [0.25, 0.3) is 0 Å². The number of hydrogen-bond donors (Lipinski definition) is 3. The summed E-state index contributed by atoms with van der Waals surface area (Å²) in [5.41, 5.74) is 2.52. The molecule has 0 bridgehead atoms. The van der Waals surface area contributed by atoms with Gasteiger partial charge < -0.3 is 10.3 Å². The molecule has 0 saturated heterocycles. The van der Waals surface area contributed by atoms with Crippen molar-refractivity contribution >= 4 is 44.3 Å². The Morgan fingerprint density at radius 1 is 1.15 bits per heavy atom. The fraction of sp³-hybridized carbons (Fsp3) is 0.375. The van der Waals surface area contributed by atoms with Gasteiger partial charge in [0.2, 0.25) is 15.9 Å². The molecule has 10 heteroatoms. The second-order valence-electron chi connectivity index (χ2n) is 8.04. The van der Waals surface area contributed by atoms with Crippen LogP contribution in [0, 0.1) is 0 Å². The summed E-state index contributed by atoms with van der Waals surface area (Å²) < 4.78 is 25.9. The van der Waals surface area contributed by atoms with Gasteiger partial charge in [-0.05, 0) is 43.4 Å². The van der Waals surface area contributed by atoms with Crippen LogP contribution in [0.3, 0.4) is 0 Å². The summed E-state index contributed by atoms with van der Waals surface area (Å²) in [7, 11) is -3.61. The number of nitrogens with zero attached hydrogens (tertiary/aromatic N) is 1. The number of carbonyl (C=O) groups excluding carboxylic acids is 2. The number of sulfonamides is 1. The third-order valence-electron chi connectivity index (χ3n) is 5.28. The molecule has 1 aromatic carbocycles. The molecule has 3 rings (SSSR count). The highest BCUT2D eigenvalue weighted by molar-refractivity contribution is 7.88. The molecule has 0 radical (unpaired) electrons. The van der Waals surface area contributed by atoms with Crippen molar-refractivity contribution < 1.29 is 18.0 Å². The summed E-state index contributed by atoms with van der Waals surface area (Å²) in [6, 6.07) is 9.62. The monoisotopic (exact) mass is 506 g/mol. The average Bonchev–Trinajstić information content (AvgIpc) is 3.15. The van der Waals surface area contributed by atoms with E-state index >= 15 is 0 Å². The molecule has 2 heterocycles. The molecule has 2 atom stereocenters. The molecule has 0 spiro atoms. The van der Waals surface area contributed by atoms with Crippen LogP contribution in [-0.2, 0) is 32.5 Å². The molecule has 0 saturated carbocycles. The van der Waals surface area contributed by atoms with E-state index in [1.807, 2.05) is 36.4 Å². The zero-order valence-corrected chi connectivity index (χ0v) is 20.0. The fourth-order valence-electron chi connectivity index (χ4n) is 3.49. The summed E-state index contributed by atoms with van der Waals surface area (Å²) in [4.78, 5) is 32.6. The van der Waals surface area contributed by atoms with Crippen LogP contribution in [0.5, 0.6) is 0 Å². The van der Waals surface area contributed by atoms with Crippen molar-refractivity contribution in [3.63, 3.8) is 0 Å². The molecule has 0 aliphatic rings. The predicted octanol–water partition coefficient (Wildman–Crippen LogP) is 3.41. The second-order valence-corrected chi connectivity index (χ2v) is 10.2. The summed E-state index contributed by atoms with van der Waals surface area (Å²) in [5, 5.41) is 4.00. The fourth-order valence-corrected chi connectivity index (χ4v) is 4.43. The van der Waals surface area contributed by atoms with Crippen molar-refractivity contribution in [3.05, 3.63) is 64.9 Å². The van der Waals surface area contributed by atoms with Gasteiger partial charge in [-0.25, -0.2) is 18.1 Å². The highest BCUT2D eigenvalue weighted by atomic mass is 35.5. The van der Waals surface area contributed by atoms with E-state index in [1.54, 1.807) is 19.3 Å². The van der Waals surface area contributed by atoms with Crippen molar-refractivity contribution in [2.24, 2.45) is 0 Å². The Bertz CT molecular complexity index is 1230. The first-order chi connectivity index (χ1) is 15.6. The highest BCUT2D eigenvalue weighted by Crippen LogP contribution is 2.22. The summed E-state index contributed by atoms with van der Waals surface area (Å²) >= 11 is 6.12. The zero-order valence-electron chi connectivity index (χ0n) is 18.5. The topological polar surface area (TPSA) is 121 Å². The van der Waals surface area contributed by atoms with Crippen molar-refractivity contribution in [1.29, 1.82) is 0 Å². The Morgan fingerprint density at radius 2 is 1.85 bits per heavy atom. The summed E-state index contributed by atoms with van der Waals surface area (Å²) in [6.07, 6.45) is 5.78. The van der Waals surface area contributed by atoms with Crippen molar-refractivity contribution in [1.82, 2.24) is 20.0 Å². The van der Waals surface area contributed by atoms with Gasteiger partial charge in [-0.3, -0.25) is 9.59 Å². The number of nitrogens with one attached hydrogen (secondary N) is 3. The zero-order chi connectivity index (χ0) is 24.0. The normalized spacial score (nSPS) is 13.1. The lowest BCUT2D eigenvalue weighted by atomic mass is 10.0. The summed E-state index contributed by atoms with van der Waals surface area (Å²) in [5.74, 6) is -0.691. The standard InChI is InChI=1S/C23H27ClN4O4S.CH4/c1-15(21(29)11-9-17-12-18-19(24)14-26-22(18)25-13-17)27-23(30)20(28-33(2,31)32)10-8-16-6-4-3-5-7-16;/h3-7,12-15,20,28H,8-11H2,1-2H3,(H,25,26)(H,27,30);1H4/t15-,20+;/m0./s1. The lowest BCUT2D eigenvalue weighted by molar-refractivity contribution is -0.128. The number of H-pyrrole nitrogens is 1. The number of aromatic nitrogens is 2. The lowest BCUT2D eigenvalue weighted by Gasteiger charge is -2.20. The Hall–Kier alpha value is -2.75. The van der Waals surface area contributed by atoms with Crippen LogP contribution in [-0.4, -0.2) is 48.4 Å². The van der Waals surface area contributed by atoms with E-state index in [1.165, 1.54) is 0 Å². The van der Waals surface area contributed by atoms with Gasteiger partial charge in [0.1, 0.15) is 11.7 Å². The molecule has 2 aromatic heterocycles. The third-order valence-corrected chi connectivity index (χ3v) is 6.30. The smallest absolute Gasteiger partial charge is 0.238 e. The number of pyridine rings is 1. The number of Topliss-reactive ketones (excluding diaryl/α,β-unsaturated/α-hetero) is 1. The quantitative estimate of drug-likeness (QED) is 0.368. The van der Waals surface area contributed by atoms with Crippen LogP contribution in [0.4, 0.5) is 0 Å². The van der Waals surface area contributed by atoms with E-state index in [-0.39, 0.29) is 26.1 Å². The van der Waals surface area contributed by atoms with Crippen LogP contribution in [0.25, 0.3) is 11.0 Å². The minimum absolute atomic E-state index is 0. The number of ketones is 1. The molecule has 0 unspecified atom stereocenters. The van der Waals surface area contributed by atoms with Crippen LogP contribution >= 0.6 is 11.6 Å².